The maximum atomic E-state index is 2.51. The van der Waals surface area contributed by atoms with Crippen molar-refractivity contribution in [3.05, 3.63) is 71.8 Å². The molecule has 1 heterocycles. The van der Waals surface area contributed by atoms with Gasteiger partial charge in [-0.1, -0.05) is 60.7 Å². The summed E-state index contributed by atoms with van der Waals surface area (Å²) in [5.41, 5.74) is 2.82. The van der Waals surface area contributed by atoms with Crippen LogP contribution in [0, 0.1) is 0 Å². The predicted octanol–water partition coefficient (Wildman–Crippen LogP) is 1.54. The molecule has 0 aliphatic carbocycles. The smallest absolute Gasteiger partial charge is 0.334 e. The van der Waals surface area contributed by atoms with Crippen molar-refractivity contribution in [1.29, 1.82) is 0 Å². The minimum Gasteiger partial charge on any atom is -0.870 e. The molecule has 0 saturated carbocycles. The van der Waals surface area contributed by atoms with Crippen molar-refractivity contribution in [3.8, 4) is 0 Å². The average molecular weight is 283 g/mol. The van der Waals surface area contributed by atoms with Gasteiger partial charge in [-0.05, 0) is 0 Å². The Kier molecular flexibility index (Phi) is 5.26. The van der Waals surface area contributed by atoms with E-state index in [0.29, 0.717) is 0 Å². The average Bonchev–Trinajstić information content (AvgIpc) is 2.83. The maximum absolute atomic E-state index is 2.51. The molecule has 0 amide bonds. The van der Waals surface area contributed by atoms with Crippen LogP contribution >= 0.6 is 0 Å². The lowest BCUT2D eigenvalue weighted by molar-refractivity contribution is -0.817. The predicted molar refractivity (Wildman–Crippen MR) is 83.9 cm³/mol. The normalized spacial score (nSPS) is 17.7. The third-order valence-electron chi connectivity index (χ3n) is 4.15. The topological polar surface area (TPSA) is 37.5 Å². The Balaban J connectivity index is 0.00000161. The van der Waals surface area contributed by atoms with E-state index in [2.05, 4.69) is 72.2 Å². The molecule has 1 atom stereocenters. The highest BCUT2D eigenvalue weighted by atomic mass is 16.0. The number of nitrogens with one attached hydrogen (secondary N) is 1. The number of benzene rings is 2. The molecule has 1 unspecified atom stereocenters. The molecule has 3 nitrogen and oxygen atoms in total. The minimum absolute atomic E-state index is 0. The first-order valence-electron chi connectivity index (χ1n) is 7.34. The molecule has 2 aromatic rings. The Hall–Kier alpha value is -1.97. The van der Waals surface area contributed by atoms with E-state index in [4.69, 9.17) is 0 Å². The van der Waals surface area contributed by atoms with Crippen LogP contribution in [-0.4, -0.2) is 29.0 Å². The quantitative estimate of drug-likeness (QED) is 0.849. The summed E-state index contributed by atoms with van der Waals surface area (Å²) in [6.07, 6.45) is 0. The summed E-state index contributed by atoms with van der Waals surface area (Å²) in [4.78, 5) is 1.59. The highest BCUT2D eigenvalue weighted by molar-refractivity contribution is 5.65. The molecule has 1 aliphatic rings. The first kappa shape index (κ1) is 15.4. The molecule has 21 heavy (non-hydrogen) atoms. The Labute approximate surface area is 126 Å². The molecule has 2 aromatic carbocycles. The monoisotopic (exact) mass is 283 g/mol. The summed E-state index contributed by atoms with van der Waals surface area (Å²) in [6.45, 7) is 6.76. The van der Waals surface area contributed by atoms with Gasteiger partial charge in [-0.15, -0.1) is 0 Å². The van der Waals surface area contributed by atoms with Crippen LogP contribution in [0.15, 0.2) is 60.7 Å². The van der Waals surface area contributed by atoms with Crippen molar-refractivity contribution in [2.45, 2.75) is 20.0 Å². The van der Waals surface area contributed by atoms with Crippen molar-refractivity contribution in [2.75, 3.05) is 13.1 Å². The standard InChI is InChI=1S/C18H21N2.H2O/c1-16-19(14-17-8-4-2-5-9-17)12-13-20(16)15-18-10-6-3-7-11-18;/h2-11H,12-15H2,1H3;1H2/q+1;. The van der Waals surface area contributed by atoms with E-state index in [1.54, 1.807) is 4.90 Å². The lowest BCUT2D eigenvalue weighted by Crippen LogP contribution is -3.11. The molecule has 0 fully saturated rings. The van der Waals surface area contributed by atoms with E-state index < -0.39 is 0 Å². The molecule has 0 spiro atoms. The summed E-state index contributed by atoms with van der Waals surface area (Å²) in [5, 5.41) is 0. The zero-order chi connectivity index (χ0) is 13.8. The summed E-state index contributed by atoms with van der Waals surface area (Å²) in [6, 6.07) is 21.5. The van der Waals surface area contributed by atoms with Crippen LogP contribution in [0.1, 0.15) is 18.1 Å². The van der Waals surface area contributed by atoms with Crippen LogP contribution in [-0.2, 0) is 13.1 Å². The Morgan fingerprint density at radius 1 is 0.905 bits per heavy atom. The second kappa shape index (κ2) is 7.16. The third-order valence-corrected chi connectivity index (χ3v) is 4.15. The van der Waals surface area contributed by atoms with Gasteiger partial charge in [0, 0.05) is 11.1 Å². The largest absolute Gasteiger partial charge is 0.870 e. The Bertz CT molecular complexity index is 593. The number of hydrogen-bond acceptors (Lipinski definition) is 1. The summed E-state index contributed by atoms with van der Waals surface area (Å²) in [5.74, 6) is 1.47. The first-order chi connectivity index (χ1) is 9.83. The maximum Gasteiger partial charge on any atom is 0.334 e. The molecular formula is C18H23N2O+. The van der Waals surface area contributed by atoms with Gasteiger partial charge >= 0.3 is 5.84 Å². The molecule has 2 N–H and O–H groups in total. The van der Waals surface area contributed by atoms with Crippen LogP contribution in [0.4, 0.5) is 0 Å². The second-order valence-corrected chi connectivity index (χ2v) is 5.51. The van der Waals surface area contributed by atoms with Crippen molar-refractivity contribution < 1.29 is 15.0 Å². The minimum atomic E-state index is 0. The van der Waals surface area contributed by atoms with Gasteiger partial charge in [-0.25, -0.2) is 4.90 Å². The van der Waals surface area contributed by atoms with Gasteiger partial charge in [0.15, 0.2) is 13.1 Å². The third kappa shape index (κ3) is 3.78. The highest BCUT2D eigenvalue weighted by Crippen LogP contribution is 2.02. The molecule has 110 valence electrons. The lowest BCUT2D eigenvalue weighted by atomic mass is 10.2. The van der Waals surface area contributed by atoms with E-state index in [-0.39, 0.29) is 5.48 Å². The van der Waals surface area contributed by atoms with E-state index in [1.807, 2.05) is 0 Å². The molecule has 0 bridgehead atoms. The van der Waals surface area contributed by atoms with Crippen LogP contribution in [0.5, 0.6) is 0 Å². The van der Waals surface area contributed by atoms with Crippen molar-refractivity contribution >= 4 is 5.84 Å². The summed E-state index contributed by atoms with van der Waals surface area (Å²) >= 11 is 0. The number of amidine groups is 1. The number of rotatable bonds is 4. The van der Waals surface area contributed by atoms with Crippen LogP contribution in [0.25, 0.3) is 0 Å². The fourth-order valence-electron chi connectivity index (χ4n) is 2.90. The Morgan fingerprint density at radius 3 is 2.10 bits per heavy atom. The summed E-state index contributed by atoms with van der Waals surface area (Å²) in [7, 11) is 0. The number of nitrogens with zero attached hydrogens (tertiary/aromatic N) is 1. The van der Waals surface area contributed by atoms with Crippen LogP contribution in [0.3, 0.4) is 0 Å². The highest BCUT2D eigenvalue weighted by Gasteiger charge is 2.31. The van der Waals surface area contributed by atoms with E-state index in [0.717, 1.165) is 19.6 Å². The molecule has 3 rings (SSSR count). The fraction of sp³-hybridized carbons (Fsp3) is 0.278. The van der Waals surface area contributed by atoms with Gasteiger partial charge in [-0.2, -0.15) is 4.58 Å². The lowest BCUT2D eigenvalue weighted by Gasteiger charge is -2.08. The van der Waals surface area contributed by atoms with Gasteiger partial charge < -0.3 is 5.48 Å². The van der Waals surface area contributed by atoms with Gasteiger partial charge in [0.1, 0.15) is 13.1 Å². The van der Waals surface area contributed by atoms with E-state index >= 15 is 0 Å². The van der Waals surface area contributed by atoms with Crippen LogP contribution in [0.2, 0.25) is 0 Å². The molecule has 1 aliphatic heterocycles. The number of quaternary nitrogens is 1. The summed E-state index contributed by atoms with van der Waals surface area (Å²) < 4.78 is 2.51. The first-order valence-corrected chi connectivity index (χ1v) is 7.34. The van der Waals surface area contributed by atoms with E-state index in [1.165, 1.54) is 23.5 Å². The van der Waals surface area contributed by atoms with Crippen LogP contribution < -0.4 is 4.90 Å². The molecule has 0 radical (unpaired) electrons. The van der Waals surface area contributed by atoms with Gasteiger partial charge in [0.05, 0.1) is 6.92 Å². The van der Waals surface area contributed by atoms with E-state index in [9.17, 15) is 0 Å². The Morgan fingerprint density at radius 2 is 1.48 bits per heavy atom. The molecule has 0 saturated heterocycles. The molecule has 3 heteroatoms. The van der Waals surface area contributed by atoms with Crippen molar-refractivity contribution in [1.82, 2.24) is 0 Å². The van der Waals surface area contributed by atoms with Gasteiger partial charge in [0.2, 0.25) is 0 Å². The fourth-order valence-corrected chi connectivity index (χ4v) is 2.90. The van der Waals surface area contributed by atoms with Crippen molar-refractivity contribution in [3.63, 3.8) is 0 Å². The van der Waals surface area contributed by atoms with Crippen molar-refractivity contribution in [2.24, 2.45) is 0 Å². The molecular weight excluding hydrogens is 260 g/mol. The number of hydrogen-bond donors (Lipinski definition) is 1. The zero-order valence-corrected chi connectivity index (χ0v) is 12.5. The zero-order valence-electron chi connectivity index (χ0n) is 12.5. The second-order valence-electron chi connectivity index (χ2n) is 5.51. The van der Waals surface area contributed by atoms with Gasteiger partial charge in [-0.3, -0.25) is 0 Å². The van der Waals surface area contributed by atoms with Gasteiger partial charge in [0.25, 0.3) is 0 Å². The SMILES string of the molecule is CC1=[N+](Cc2ccccc2)CC[NH+]1Cc1ccccc1.[OH-]. The molecule has 0 aromatic heterocycles.